The molecule has 0 spiro atoms. The van der Waals surface area contributed by atoms with Gasteiger partial charge in [-0.25, -0.2) is 0 Å². The summed E-state index contributed by atoms with van der Waals surface area (Å²) in [5.74, 6) is -0.941. The van der Waals surface area contributed by atoms with Crippen LogP contribution in [0.1, 0.15) is 284 Å². The van der Waals surface area contributed by atoms with Crippen molar-refractivity contribution in [2.75, 3.05) is 13.2 Å². The summed E-state index contributed by atoms with van der Waals surface area (Å²) in [4.78, 5) is 38.2. The number of carbonyl (C=O) groups is 3. The Bertz CT molecular complexity index is 1350. The van der Waals surface area contributed by atoms with E-state index in [1.165, 1.54) is 135 Å². The zero-order valence-corrected chi connectivity index (χ0v) is 46.0. The maximum absolute atomic E-state index is 12.9. The first-order valence-electron chi connectivity index (χ1n) is 29.6. The van der Waals surface area contributed by atoms with Crippen LogP contribution in [0.2, 0.25) is 0 Å². The summed E-state index contributed by atoms with van der Waals surface area (Å²) in [6.45, 7) is 6.49. The molecule has 6 nitrogen and oxygen atoms in total. The lowest BCUT2D eigenvalue weighted by Gasteiger charge is -2.18. The molecular weight excluding hydrogens is 865 g/mol. The SMILES string of the molecule is CC/C=C\C/C=C\C/C=C\C/C=C\C/C=C\CCCCCC(=O)OCC(COC(=O)CCCCC/C=C\CCCCCCCCC)OC(=O)CCCCCCCCC/C=C\CCCCCCCCCC. The zero-order valence-electron chi connectivity index (χ0n) is 46.0. The minimum atomic E-state index is -0.799. The number of allylic oxidation sites excluding steroid dienone is 14. The minimum Gasteiger partial charge on any atom is -0.462 e. The summed E-state index contributed by atoms with van der Waals surface area (Å²) in [6.07, 6.45) is 75.8. The van der Waals surface area contributed by atoms with Gasteiger partial charge in [0.2, 0.25) is 0 Å². The molecule has 1 atom stereocenters. The van der Waals surface area contributed by atoms with Crippen molar-refractivity contribution in [2.45, 2.75) is 290 Å². The number of hydrogen-bond acceptors (Lipinski definition) is 6. The Balaban J connectivity index is 4.45. The highest BCUT2D eigenvalue weighted by molar-refractivity contribution is 5.71. The minimum absolute atomic E-state index is 0.0964. The smallest absolute Gasteiger partial charge is 0.306 e. The third kappa shape index (κ3) is 55.5. The van der Waals surface area contributed by atoms with E-state index in [-0.39, 0.29) is 31.1 Å². The third-order valence-corrected chi connectivity index (χ3v) is 12.6. The molecule has 0 amide bonds. The fourth-order valence-electron chi connectivity index (χ4n) is 8.16. The number of hydrogen-bond donors (Lipinski definition) is 0. The predicted molar refractivity (Wildman–Crippen MR) is 302 cm³/mol. The molecule has 402 valence electrons. The molecule has 0 heterocycles. The van der Waals surface area contributed by atoms with Crippen LogP contribution in [0, 0.1) is 0 Å². The number of carbonyl (C=O) groups excluding carboxylic acids is 3. The maximum atomic E-state index is 12.9. The fourth-order valence-corrected chi connectivity index (χ4v) is 8.16. The van der Waals surface area contributed by atoms with Crippen LogP contribution in [0.15, 0.2) is 85.1 Å². The van der Waals surface area contributed by atoms with Crippen LogP contribution in [-0.2, 0) is 28.6 Å². The molecule has 0 aliphatic heterocycles. The lowest BCUT2D eigenvalue weighted by atomic mass is 10.1. The van der Waals surface area contributed by atoms with E-state index in [9.17, 15) is 14.4 Å². The molecule has 1 unspecified atom stereocenters. The van der Waals surface area contributed by atoms with Crippen LogP contribution >= 0.6 is 0 Å². The van der Waals surface area contributed by atoms with Crippen LogP contribution in [-0.4, -0.2) is 37.2 Å². The highest BCUT2D eigenvalue weighted by atomic mass is 16.6. The summed E-state index contributed by atoms with van der Waals surface area (Å²) in [7, 11) is 0. The fraction of sp³-hybridized carbons (Fsp3) is 0.734. The van der Waals surface area contributed by atoms with Gasteiger partial charge in [0.15, 0.2) is 6.10 Å². The molecule has 0 aliphatic rings. The molecule has 0 aliphatic carbocycles. The molecule has 0 aromatic carbocycles. The quantitative estimate of drug-likeness (QED) is 0.0261. The first kappa shape index (κ1) is 66.6. The first-order valence-corrected chi connectivity index (χ1v) is 29.6. The van der Waals surface area contributed by atoms with E-state index in [0.29, 0.717) is 19.3 Å². The van der Waals surface area contributed by atoms with Gasteiger partial charge in [0.05, 0.1) is 0 Å². The van der Waals surface area contributed by atoms with Gasteiger partial charge in [0.1, 0.15) is 13.2 Å². The number of ether oxygens (including phenoxy) is 3. The first-order chi connectivity index (χ1) is 34.5. The van der Waals surface area contributed by atoms with Gasteiger partial charge < -0.3 is 14.2 Å². The largest absolute Gasteiger partial charge is 0.462 e. The van der Waals surface area contributed by atoms with E-state index in [2.05, 4.69) is 106 Å². The van der Waals surface area contributed by atoms with Crippen molar-refractivity contribution in [3.8, 4) is 0 Å². The van der Waals surface area contributed by atoms with Gasteiger partial charge in [0.25, 0.3) is 0 Å². The molecule has 0 aromatic rings. The summed E-state index contributed by atoms with van der Waals surface area (Å²) < 4.78 is 16.8. The van der Waals surface area contributed by atoms with Gasteiger partial charge in [-0.2, -0.15) is 0 Å². The van der Waals surface area contributed by atoms with Crippen LogP contribution in [0.4, 0.5) is 0 Å². The van der Waals surface area contributed by atoms with Crippen molar-refractivity contribution in [1.29, 1.82) is 0 Å². The third-order valence-electron chi connectivity index (χ3n) is 12.6. The van der Waals surface area contributed by atoms with E-state index < -0.39 is 6.10 Å². The van der Waals surface area contributed by atoms with Crippen molar-refractivity contribution in [2.24, 2.45) is 0 Å². The second-order valence-electron chi connectivity index (χ2n) is 19.5. The van der Waals surface area contributed by atoms with Gasteiger partial charge >= 0.3 is 17.9 Å². The van der Waals surface area contributed by atoms with E-state index in [0.717, 1.165) is 109 Å². The molecule has 6 heteroatoms. The summed E-state index contributed by atoms with van der Waals surface area (Å²) in [5, 5.41) is 0. The molecule has 0 bridgehead atoms. The summed E-state index contributed by atoms with van der Waals surface area (Å²) in [5.41, 5.74) is 0. The maximum Gasteiger partial charge on any atom is 0.306 e. The Labute approximate surface area is 433 Å². The van der Waals surface area contributed by atoms with Crippen molar-refractivity contribution >= 4 is 17.9 Å². The summed E-state index contributed by atoms with van der Waals surface area (Å²) >= 11 is 0. The Morgan fingerprint density at radius 1 is 0.300 bits per heavy atom. The van der Waals surface area contributed by atoms with Crippen molar-refractivity contribution in [3.05, 3.63) is 85.1 Å². The Kier molecular flexibility index (Phi) is 55.3. The number of esters is 3. The monoisotopic (exact) mass is 975 g/mol. The molecule has 0 N–H and O–H groups in total. The van der Waals surface area contributed by atoms with Crippen LogP contribution in [0.25, 0.3) is 0 Å². The Hall–Kier alpha value is -3.41. The normalized spacial score (nSPS) is 12.7. The van der Waals surface area contributed by atoms with Crippen LogP contribution in [0.5, 0.6) is 0 Å². The topological polar surface area (TPSA) is 78.9 Å². The highest BCUT2D eigenvalue weighted by Crippen LogP contribution is 2.15. The van der Waals surface area contributed by atoms with E-state index in [1.54, 1.807) is 0 Å². The van der Waals surface area contributed by atoms with Gasteiger partial charge in [-0.3, -0.25) is 14.4 Å². The number of rotatable bonds is 53. The van der Waals surface area contributed by atoms with E-state index in [1.807, 2.05) is 0 Å². The lowest BCUT2D eigenvalue weighted by Crippen LogP contribution is -2.30. The standard InChI is InChI=1S/C64H110O6/c1-4-7-10-13-16-19-22-25-28-30-32-34-36-39-42-45-48-51-54-57-63(66)69-60-61(59-68-62(65)56-53-50-47-44-41-38-27-24-21-18-15-12-9-6-3)70-64(67)58-55-52-49-46-43-40-37-35-33-31-29-26-23-20-17-14-11-8-5-2/h7,10,16,19,25,28,31-34,38-39,41-42,61H,4-6,8-9,11-15,17-18,20-24,26-27,29-30,35-37,40,43-60H2,1-3H3/b10-7-,19-16-,28-25-,33-31-,34-32-,41-38-,42-39-. The molecule has 70 heavy (non-hydrogen) atoms. The van der Waals surface area contributed by atoms with Crippen molar-refractivity contribution in [3.63, 3.8) is 0 Å². The van der Waals surface area contributed by atoms with Gasteiger partial charge in [-0.1, -0.05) is 234 Å². The number of unbranched alkanes of at least 4 members (excludes halogenated alkanes) is 28. The van der Waals surface area contributed by atoms with Crippen molar-refractivity contribution in [1.82, 2.24) is 0 Å². The van der Waals surface area contributed by atoms with Crippen LogP contribution < -0.4 is 0 Å². The molecule has 0 radical (unpaired) electrons. The lowest BCUT2D eigenvalue weighted by molar-refractivity contribution is -0.167. The molecule has 0 saturated heterocycles. The van der Waals surface area contributed by atoms with Crippen molar-refractivity contribution < 1.29 is 28.6 Å². The zero-order chi connectivity index (χ0) is 50.7. The Morgan fingerprint density at radius 2 is 0.557 bits per heavy atom. The second kappa shape index (κ2) is 58.2. The van der Waals surface area contributed by atoms with Gasteiger partial charge in [-0.05, 0) is 116 Å². The average molecular weight is 976 g/mol. The molecule has 0 saturated carbocycles. The second-order valence-corrected chi connectivity index (χ2v) is 19.5. The average Bonchev–Trinajstić information content (AvgIpc) is 3.36. The summed E-state index contributed by atoms with van der Waals surface area (Å²) in [6, 6.07) is 0. The highest BCUT2D eigenvalue weighted by Gasteiger charge is 2.19. The predicted octanol–water partition coefficient (Wildman–Crippen LogP) is 19.9. The van der Waals surface area contributed by atoms with Gasteiger partial charge in [0, 0.05) is 19.3 Å². The van der Waals surface area contributed by atoms with E-state index in [4.69, 9.17) is 14.2 Å². The molecule has 0 fully saturated rings. The van der Waals surface area contributed by atoms with Crippen LogP contribution in [0.3, 0.4) is 0 Å². The Morgan fingerprint density at radius 3 is 0.900 bits per heavy atom. The van der Waals surface area contributed by atoms with E-state index >= 15 is 0 Å². The van der Waals surface area contributed by atoms with Gasteiger partial charge in [-0.15, -0.1) is 0 Å². The molecule has 0 rings (SSSR count). The molecule has 0 aromatic heterocycles. The molecular formula is C64H110O6.